The van der Waals surface area contributed by atoms with Gasteiger partial charge < -0.3 is 10.6 Å². The summed E-state index contributed by atoms with van der Waals surface area (Å²) in [7, 11) is 0. The Morgan fingerprint density at radius 3 is 3.00 bits per heavy atom. The van der Waals surface area contributed by atoms with Crippen LogP contribution in [-0.4, -0.2) is 17.1 Å². The van der Waals surface area contributed by atoms with E-state index in [0.717, 1.165) is 24.5 Å². The van der Waals surface area contributed by atoms with Gasteiger partial charge in [0.25, 0.3) is 0 Å². The first kappa shape index (κ1) is 9.31. The molecule has 0 saturated heterocycles. The number of hydrogen-bond donors (Lipinski definition) is 2. The lowest BCUT2D eigenvalue weighted by atomic mass is 10.0. The third-order valence-corrected chi connectivity index (χ3v) is 2.55. The highest BCUT2D eigenvalue weighted by Gasteiger charge is 2.22. The van der Waals surface area contributed by atoms with E-state index < -0.39 is 0 Å². The fraction of sp³-hybridized carbons (Fsp3) is 0.545. The van der Waals surface area contributed by atoms with Gasteiger partial charge in [-0.2, -0.15) is 0 Å². The number of rotatable bonds is 0. The van der Waals surface area contributed by atoms with Gasteiger partial charge in [-0.25, -0.2) is 4.98 Å². The summed E-state index contributed by atoms with van der Waals surface area (Å²) in [5.74, 6) is 0.970. The third kappa shape index (κ3) is 1.81. The van der Waals surface area contributed by atoms with Crippen molar-refractivity contribution in [1.29, 1.82) is 0 Å². The van der Waals surface area contributed by atoms with Crippen LogP contribution in [0.4, 0.5) is 11.5 Å². The van der Waals surface area contributed by atoms with E-state index in [0.29, 0.717) is 0 Å². The smallest absolute Gasteiger partial charge is 0.149 e. The van der Waals surface area contributed by atoms with Crippen molar-refractivity contribution in [3.05, 3.63) is 17.8 Å². The van der Waals surface area contributed by atoms with Gasteiger partial charge >= 0.3 is 0 Å². The van der Waals surface area contributed by atoms with Crippen LogP contribution in [0.2, 0.25) is 0 Å². The van der Waals surface area contributed by atoms with Gasteiger partial charge in [0.15, 0.2) is 0 Å². The average molecular weight is 191 g/mol. The minimum atomic E-state index is 0.126. The van der Waals surface area contributed by atoms with E-state index in [1.807, 2.05) is 6.20 Å². The summed E-state index contributed by atoms with van der Waals surface area (Å²) in [5.41, 5.74) is 2.44. The van der Waals surface area contributed by atoms with Crippen molar-refractivity contribution in [2.45, 2.75) is 32.7 Å². The zero-order chi connectivity index (χ0) is 10.2. The second-order valence-electron chi connectivity index (χ2n) is 4.59. The second-order valence-corrected chi connectivity index (χ2v) is 4.59. The van der Waals surface area contributed by atoms with Gasteiger partial charge in [0.2, 0.25) is 0 Å². The summed E-state index contributed by atoms with van der Waals surface area (Å²) < 4.78 is 0. The SMILES string of the molecule is Cc1cnc2c(c1)NCCC(C)(C)N2. The van der Waals surface area contributed by atoms with E-state index in [2.05, 4.69) is 42.5 Å². The van der Waals surface area contributed by atoms with Crippen LogP contribution in [0.3, 0.4) is 0 Å². The van der Waals surface area contributed by atoms with Gasteiger partial charge in [0.1, 0.15) is 5.82 Å². The number of aryl methyl sites for hydroxylation is 1. The molecule has 14 heavy (non-hydrogen) atoms. The third-order valence-electron chi connectivity index (χ3n) is 2.55. The molecule has 2 rings (SSSR count). The highest BCUT2D eigenvalue weighted by Crippen LogP contribution is 2.27. The summed E-state index contributed by atoms with van der Waals surface area (Å²) in [4.78, 5) is 4.40. The average Bonchev–Trinajstić information content (AvgIpc) is 2.22. The quantitative estimate of drug-likeness (QED) is 0.661. The van der Waals surface area contributed by atoms with Gasteiger partial charge in [0, 0.05) is 18.3 Å². The zero-order valence-corrected chi connectivity index (χ0v) is 9.02. The maximum absolute atomic E-state index is 4.40. The molecule has 1 aromatic heterocycles. The molecule has 76 valence electrons. The fourth-order valence-electron chi connectivity index (χ4n) is 1.70. The molecule has 0 spiro atoms. The lowest BCUT2D eigenvalue weighted by Crippen LogP contribution is -2.31. The fourth-order valence-corrected chi connectivity index (χ4v) is 1.70. The van der Waals surface area contributed by atoms with E-state index in [4.69, 9.17) is 0 Å². The lowest BCUT2D eigenvalue weighted by molar-refractivity contribution is 0.539. The van der Waals surface area contributed by atoms with Crippen LogP contribution in [0.25, 0.3) is 0 Å². The molecule has 0 unspecified atom stereocenters. The maximum Gasteiger partial charge on any atom is 0.149 e. The van der Waals surface area contributed by atoms with Crippen molar-refractivity contribution >= 4 is 11.5 Å². The summed E-state index contributed by atoms with van der Waals surface area (Å²) in [5, 5.41) is 6.85. The van der Waals surface area contributed by atoms with Gasteiger partial charge in [-0.05, 0) is 38.8 Å². The summed E-state index contributed by atoms with van der Waals surface area (Å²) in [6, 6.07) is 2.14. The molecule has 1 aromatic rings. The Balaban J connectivity index is 2.37. The standard InChI is InChI=1S/C11H17N3/c1-8-6-9-10(13-7-8)14-11(2,3)4-5-12-9/h6-7,12H,4-5H2,1-3H3,(H,13,14). The first-order valence-electron chi connectivity index (χ1n) is 5.05. The molecule has 2 heterocycles. The zero-order valence-electron chi connectivity index (χ0n) is 9.02. The predicted octanol–water partition coefficient (Wildman–Crippen LogP) is 2.40. The number of anilines is 2. The Labute approximate surface area is 84.9 Å². The highest BCUT2D eigenvalue weighted by molar-refractivity contribution is 5.66. The van der Waals surface area contributed by atoms with Crippen molar-refractivity contribution in [2.24, 2.45) is 0 Å². The molecular formula is C11H17N3. The van der Waals surface area contributed by atoms with Crippen LogP contribution in [-0.2, 0) is 0 Å². The van der Waals surface area contributed by atoms with Crippen LogP contribution >= 0.6 is 0 Å². The Hall–Kier alpha value is -1.25. The topological polar surface area (TPSA) is 37.0 Å². The molecule has 0 fully saturated rings. The monoisotopic (exact) mass is 191 g/mol. The number of hydrogen-bond acceptors (Lipinski definition) is 3. The van der Waals surface area contributed by atoms with Gasteiger partial charge in [-0.3, -0.25) is 0 Å². The Morgan fingerprint density at radius 1 is 1.43 bits per heavy atom. The Bertz CT molecular complexity index is 344. The van der Waals surface area contributed by atoms with Crippen LogP contribution in [0.5, 0.6) is 0 Å². The Morgan fingerprint density at radius 2 is 2.21 bits per heavy atom. The van der Waals surface area contributed by atoms with Crippen molar-refractivity contribution in [3.8, 4) is 0 Å². The van der Waals surface area contributed by atoms with Gasteiger partial charge in [0.05, 0.1) is 5.69 Å². The highest BCUT2D eigenvalue weighted by atomic mass is 15.1. The van der Waals surface area contributed by atoms with Crippen molar-refractivity contribution in [1.82, 2.24) is 4.98 Å². The van der Waals surface area contributed by atoms with Gasteiger partial charge in [-0.15, -0.1) is 0 Å². The van der Waals surface area contributed by atoms with Crippen LogP contribution in [0.15, 0.2) is 12.3 Å². The van der Waals surface area contributed by atoms with E-state index in [9.17, 15) is 0 Å². The van der Waals surface area contributed by atoms with Crippen LogP contribution in [0.1, 0.15) is 25.8 Å². The molecule has 0 amide bonds. The molecular weight excluding hydrogens is 174 g/mol. The normalized spacial score (nSPS) is 18.8. The largest absolute Gasteiger partial charge is 0.382 e. The molecule has 3 heteroatoms. The molecule has 0 aromatic carbocycles. The molecule has 0 atom stereocenters. The van der Waals surface area contributed by atoms with E-state index in [-0.39, 0.29) is 5.54 Å². The molecule has 2 N–H and O–H groups in total. The molecule has 0 bridgehead atoms. The number of nitrogens with zero attached hydrogens (tertiary/aromatic N) is 1. The molecule has 0 saturated carbocycles. The van der Waals surface area contributed by atoms with Crippen molar-refractivity contribution < 1.29 is 0 Å². The van der Waals surface area contributed by atoms with Crippen LogP contribution < -0.4 is 10.6 Å². The van der Waals surface area contributed by atoms with Crippen molar-refractivity contribution in [2.75, 3.05) is 17.2 Å². The number of pyridine rings is 1. The van der Waals surface area contributed by atoms with Crippen molar-refractivity contribution in [3.63, 3.8) is 0 Å². The van der Waals surface area contributed by atoms with E-state index in [1.165, 1.54) is 5.56 Å². The molecule has 1 aliphatic rings. The minimum absolute atomic E-state index is 0.126. The van der Waals surface area contributed by atoms with E-state index in [1.54, 1.807) is 0 Å². The van der Waals surface area contributed by atoms with E-state index >= 15 is 0 Å². The first-order valence-corrected chi connectivity index (χ1v) is 5.05. The second kappa shape index (κ2) is 3.15. The van der Waals surface area contributed by atoms with Crippen LogP contribution in [0, 0.1) is 6.92 Å². The molecule has 0 aliphatic carbocycles. The molecule has 0 radical (unpaired) electrons. The Kier molecular flexibility index (Phi) is 2.10. The number of aromatic nitrogens is 1. The first-order chi connectivity index (χ1) is 6.57. The minimum Gasteiger partial charge on any atom is -0.382 e. The number of fused-ring (bicyclic) bond motifs is 1. The summed E-state index contributed by atoms with van der Waals surface area (Å²) in [6.07, 6.45) is 3.00. The van der Waals surface area contributed by atoms with Gasteiger partial charge in [-0.1, -0.05) is 0 Å². The predicted molar refractivity (Wildman–Crippen MR) is 59.8 cm³/mol. The summed E-state index contributed by atoms with van der Waals surface area (Å²) in [6.45, 7) is 7.46. The lowest BCUT2D eigenvalue weighted by Gasteiger charge is -2.24. The molecule has 1 aliphatic heterocycles. The molecule has 3 nitrogen and oxygen atoms in total. The summed E-state index contributed by atoms with van der Waals surface area (Å²) >= 11 is 0. The number of nitrogens with one attached hydrogen (secondary N) is 2. The maximum atomic E-state index is 4.40.